The zero-order chi connectivity index (χ0) is 7.35. The average Bonchev–Trinajstić information content (AvgIpc) is 2.31. The van der Waals surface area contributed by atoms with Crippen LogP contribution in [0.25, 0.3) is 0 Å². The summed E-state index contributed by atoms with van der Waals surface area (Å²) in [6.45, 7) is 0. The normalized spacial score (nSPS) is 48.5. The molecule has 2 aliphatic carbocycles. The van der Waals surface area contributed by atoms with E-state index in [0.29, 0.717) is 0 Å². The van der Waals surface area contributed by atoms with Crippen molar-refractivity contribution >= 4 is 11.6 Å². The van der Waals surface area contributed by atoms with Gasteiger partial charge in [-0.05, 0) is 12.3 Å². The molecule has 0 aromatic carbocycles. The van der Waals surface area contributed by atoms with E-state index in [1.165, 1.54) is 0 Å². The van der Waals surface area contributed by atoms with Crippen molar-refractivity contribution in [3.05, 3.63) is 12.2 Å². The van der Waals surface area contributed by atoms with Crippen molar-refractivity contribution in [2.75, 3.05) is 0 Å². The lowest BCUT2D eigenvalue weighted by molar-refractivity contribution is -0.140. The summed E-state index contributed by atoms with van der Waals surface area (Å²) in [5.41, 5.74) is 0. The third-order valence-electron chi connectivity index (χ3n) is 2.40. The lowest BCUT2D eigenvalue weighted by Crippen LogP contribution is -2.55. The predicted octanol–water partition coefficient (Wildman–Crippen LogP) is 2.44. The Morgan fingerprint density at radius 1 is 1.50 bits per heavy atom. The highest BCUT2D eigenvalue weighted by Gasteiger charge is 2.63. The fourth-order valence-corrected chi connectivity index (χ4v) is 2.14. The van der Waals surface area contributed by atoms with Crippen LogP contribution in [0.1, 0.15) is 6.42 Å². The maximum absolute atomic E-state index is 12.7. The van der Waals surface area contributed by atoms with Crippen molar-refractivity contribution in [3.8, 4) is 0 Å². The number of fused-ring (bicyclic) bond motifs is 1. The van der Waals surface area contributed by atoms with Crippen molar-refractivity contribution in [2.24, 2.45) is 11.8 Å². The number of allylic oxidation sites excluding steroid dienone is 2. The van der Waals surface area contributed by atoms with Crippen LogP contribution >= 0.6 is 11.6 Å². The molecule has 0 bridgehead atoms. The Bertz CT molecular complexity index is 188. The van der Waals surface area contributed by atoms with Crippen LogP contribution in [0.15, 0.2) is 12.2 Å². The minimum atomic E-state index is -2.64. The molecule has 10 heavy (non-hydrogen) atoms. The lowest BCUT2D eigenvalue weighted by atomic mass is 9.72. The Morgan fingerprint density at radius 3 is 2.80 bits per heavy atom. The summed E-state index contributed by atoms with van der Waals surface area (Å²) in [6.07, 6.45) is 4.11. The second-order valence-corrected chi connectivity index (χ2v) is 3.40. The van der Waals surface area contributed by atoms with Crippen LogP contribution in [0.5, 0.6) is 0 Å². The van der Waals surface area contributed by atoms with Crippen molar-refractivity contribution in [1.29, 1.82) is 0 Å². The van der Waals surface area contributed by atoms with E-state index < -0.39 is 17.2 Å². The smallest absolute Gasteiger partial charge is 0.204 e. The minimum Gasteiger partial charge on any atom is -0.204 e. The van der Waals surface area contributed by atoms with Gasteiger partial charge in [0.25, 0.3) is 5.92 Å². The SMILES string of the molecule is FC1(F)[C@@H]2C=CC[C@@H]2[C@@H]1Cl. The van der Waals surface area contributed by atoms with E-state index in [0.717, 1.165) is 6.42 Å². The quantitative estimate of drug-likeness (QED) is 0.381. The maximum atomic E-state index is 12.7. The monoisotopic (exact) mass is 164 g/mol. The van der Waals surface area contributed by atoms with Gasteiger partial charge in [-0.3, -0.25) is 0 Å². The van der Waals surface area contributed by atoms with Crippen molar-refractivity contribution < 1.29 is 8.78 Å². The fourth-order valence-electron chi connectivity index (χ4n) is 1.74. The molecule has 2 aliphatic rings. The highest BCUT2D eigenvalue weighted by molar-refractivity contribution is 6.22. The summed E-state index contributed by atoms with van der Waals surface area (Å²) in [4.78, 5) is 0. The van der Waals surface area contributed by atoms with Gasteiger partial charge < -0.3 is 0 Å². The van der Waals surface area contributed by atoms with Gasteiger partial charge >= 0.3 is 0 Å². The predicted molar refractivity (Wildman–Crippen MR) is 35.3 cm³/mol. The Balaban J connectivity index is 2.21. The second kappa shape index (κ2) is 1.73. The first-order chi connectivity index (χ1) is 4.64. The van der Waals surface area contributed by atoms with E-state index in [1.54, 1.807) is 12.2 Å². The van der Waals surface area contributed by atoms with Gasteiger partial charge in [-0.2, -0.15) is 0 Å². The Hall–Kier alpha value is -0.110. The standard InChI is InChI=1S/C7H7ClF2/c8-6-4-2-1-3-5(4)7(6,9)10/h1,3-6H,2H2/t4-,5+,6-/m0/s1. The van der Waals surface area contributed by atoms with Gasteiger partial charge in [-0.1, -0.05) is 12.2 Å². The molecule has 0 aromatic rings. The molecule has 1 saturated carbocycles. The molecule has 0 heterocycles. The number of halogens is 3. The van der Waals surface area contributed by atoms with E-state index in [4.69, 9.17) is 11.6 Å². The first kappa shape index (κ1) is 6.59. The molecule has 0 radical (unpaired) electrons. The molecule has 0 nitrogen and oxygen atoms in total. The highest BCUT2D eigenvalue weighted by atomic mass is 35.5. The zero-order valence-electron chi connectivity index (χ0n) is 5.23. The van der Waals surface area contributed by atoms with E-state index in [9.17, 15) is 8.78 Å². The topological polar surface area (TPSA) is 0 Å². The van der Waals surface area contributed by atoms with Gasteiger partial charge in [-0.15, -0.1) is 11.6 Å². The molecule has 1 fully saturated rings. The van der Waals surface area contributed by atoms with Crippen LogP contribution in [0.3, 0.4) is 0 Å². The molecular weight excluding hydrogens is 158 g/mol. The van der Waals surface area contributed by atoms with Gasteiger partial charge in [0.05, 0.1) is 0 Å². The second-order valence-electron chi connectivity index (χ2n) is 2.93. The molecule has 0 unspecified atom stereocenters. The van der Waals surface area contributed by atoms with Gasteiger partial charge in [0.1, 0.15) is 5.38 Å². The summed E-state index contributed by atoms with van der Waals surface area (Å²) in [5, 5.41) is -0.924. The van der Waals surface area contributed by atoms with E-state index in [1.807, 2.05) is 0 Å². The first-order valence-electron chi connectivity index (χ1n) is 3.32. The molecule has 0 amide bonds. The molecule has 0 aliphatic heterocycles. The van der Waals surface area contributed by atoms with Crippen molar-refractivity contribution in [3.63, 3.8) is 0 Å². The minimum absolute atomic E-state index is 0.0108. The molecule has 3 atom stereocenters. The Labute approximate surface area is 62.9 Å². The van der Waals surface area contributed by atoms with E-state index >= 15 is 0 Å². The Kier molecular flexibility index (Phi) is 1.14. The summed E-state index contributed by atoms with van der Waals surface area (Å²) >= 11 is 5.45. The van der Waals surface area contributed by atoms with Gasteiger partial charge in [-0.25, -0.2) is 8.78 Å². The first-order valence-corrected chi connectivity index (χ1v) is 3.76. The molecule has 56 valence electrons. The van der Waals surface area contributed by atoms with Crippen LogP contribution in [-0.2, 0) is 0 Å². The van der Waals surface area contributed by atoms with Crippen molar-refractivity contribution in [1.82, 2.24) is 0 Å². The van der Waals surface area contributed by atoms with Crippen LogP contribution < -0.4 is 0 Å². The molecule has 2 rings (SSSR count). The van der Waals surface area contributed by atoms with Gasteiger partial charge in [0, 0.05) is 5.92 Å². The van der Waals surface area contributed by atoms with Crippen LogP contribution in [0, 0.1) is 11.8 Å². The molecule has 0 N–H and O–H groups in total. The van der Waals surface area contributed by atoms with Crippen molar-refractivity contribution in [2.45, 2.75) is 17.7 Å². The van der Waals surface area contributed by atoms with Crippen LogP contribution in [0.2, 0.25) is 0 Å². The summed E-state index contributed by atoms with van der Waals surface area (Å²) in [6, 6.07) is 0. The Morgan fingerprint density at radius 2 is 2.20 bits per heavy atom. The fraction of sp³-hybridized carbons (Fsp3) is 0.714. The third-order valence-corrected chi connectivity index (χ3v) is 3.02. The third kappa shape index (κ3) is 0.559. The highest BCUT2D eigenvalue weighted by Crippen LogP contribution is 2.56. The number of hydrogen-bond acceptors (Lipinski definition) is 0. The van der Waals surface area contributed by atoms with Gasteiger partial charge in [0.15, 0.2) is 0 Å². The summed E-state index contributed by atoms with van der Waals surface area (Å²) in [5.74, 6) is -3.19. The van der Waals surface area contributed by atoms with Crippen LogP contribution in [0.4, 0.5) is 8.78 Å². The summed E-state index contributed by atoms with van der Waals surface area (Å²) < 4.78 is 25.4. The molecule has 0 spiro atoms. The number of rotatable bonds is 0. The molecule has 0 saturated heterocycles. The average molecular weight is 165 g/mol. The van der Waals surface area contributed by atoms with E-state index in [2.05, 4.69) is 0 Å². The van der Waals surface area contributed by atoms with Crippen LogP contribution in [-0.4, -0.2) is 11.3 Å². The number of hydrogen-bond donors (Lipinski definition) is 0. The molecule has 3 heteroatoms. The van der Waals surface area contributed by atoms with E-state index in [-0.39, 0.29) is 5.92 Å². The lowest BCUT2D eigenvalue weighted by Gasteiger charge is -2.44. The maximum Gasteiger partial charge on any atom is 0.270 e. The molecule has 0 aromatic heterocycles. The largest absolute Gasteiger partial charge is 0.270 e. The zero-order valence-corrected chi connectivity index (χ0v) is 5.98. The van der Waals surface area contributed by atoms with Gasteiger partial charge in [0.2, 0.25) is 0 Å². The number of alkyl halides is 3. The molecular formula is C7H7ClF2. The summed E-state index contributed by atoms with van der Waals surface area (Å²) in [7, 11) is 0.